The zero-order valence-corrected chi connectivity index (χ0v) is 15.6. The average Bonchev–Trinajstić information content (AvgIpc) is 2.67. The molecule has 2 rings (SSSR count). The van der Waals surface area contributed by atoms with Gasteiger partial charge < -0.3 is 14.4 Å². The zero-order chi connectivity index (χ0) is 19.1. The first-order valence-corrected chi connectivity index (χ1v) is 8.37. The molecule has 0 radical (unpaired) electrons. The van der Waals surface area contributed by atoms with Gasteiger partial charge in [-0.05, 0) is 31.2 Å². The molecule has 2 amide bonds. The van der Waals surface area contributed by atoms with Crippen molar-refractivity contribution in [3.05, 3.63) is 48.5 Å². The lowest BCUT2D eigenvalue weighted by Crippen LogP contribution is -2.42. The van der Waals surface area contributed by atoms with E-state index in [0.717, 1.165) is 5.69 Å². The molecule has 0 fully saturated rings. The van der Waals surface area contributed by atoms with Crippen molar-refractivity contribution < 1.29 is 19.1 Å². The number of amides is 2. The van der Waals surface area contributed by atoms with Gasteiger partial charge in [-0.3, -0.25) is 14.5 Å². The van der Waals surface area contributed by atoms with Gasteiger partial charge in [-0.25, -0.2) is 0 Å². The largest absolute Gasteiger partial charge is 0.497 e. The summed E-state index contributed by atoms with van der Waals surface area (Å²) in [7, 11) is 3.07. The lowest BCUT2D eigenvalue weighted by atomic mass is 10.2. The van der Waals surface area contributed by atoms with Gasteiger partial charge >= 0.3 is 0 Å². The van der Waals surface area contributed by atoms with Crippen LogP contribution in [0.25, 0.3) is 0 Å². The molecule has 0 spiro atoms. The summed E-state index contributed by atoms with van der Waals surface area (Å²) in [5, 5.41) is 0. The van der Waals surface area contributed by atoms with Crippen LogP contribution in [0.15, 0.2) is 48.5 Å². The molecule has 0 aliphatic carbocycles. The van der Waals surface area contributed by atoms with Crippen LogP contribution in [0, 0.1) is 0 Å². The quantitative estimate of drug-likeness (QED) is 0.765. The Hall–Kier alpha value is -3.02. The summed E-state index contributed by atoms with van der Waals surface area (Å²) in [4.78, 5) is 28.1. The highest BCUT2D eigenvalue weighted by molar-refractivity contribution is 6.03. The third-order valence-corrected chi connectivity index (χ3v) is 4.04. The fourth-order valence-electron chi connectivity index (χ4n) is 2.71. The van der Waals surface area contributed by atoms with Gasteiger partial charge in [-0.2, -0.15) is 0 Å². The molecular weight excluding hydrogens is 332 g/mol. The second-order valence-corrected chi connectivity index (χ2v) is 5.62. The molecule has 0 aliphatic rings. The van der Waals surface area contributed by atoms with Crippen molar-refractivity contribution >= 4 is 23.2 Å². The van der Waals surface area contributed by atoms with E-state index in [1.165, 1.54) is 18.9 Å². The van der Waals surface area contributed by atoms with Crippen LogP contribution in [0.3, 0.4) is 0 Å². The van der Waals surface area contributed by atoms with Crippen LogP contribution in [-0.2, 0) is 9.59 Å². The summed E-state index contributed by atoms with van der Waals surface area (Å²) in [6, 6.07) is 14.5. The summed E-state index contributed by atoms with van der Waals surface area (Å²) in [5.41, 5.74) is 1.32. The Morgan fingerprint density at radius 2 is 1.65 bits per heavy atom. The zero-order valence-electron chi connectivity index (χ0n) is 15.6. The number of nitrogens with zero attached hydrogens (tertiary/aromatic N) is 2. The van der Waals surface area contributed by atoms with Crippen molar-refractivity contribution in [2.24, 2.45) is 0 Å². The third-order valence-electron chi connectivity index (χ3n) is 4.04. The molecule has 2 aromatic carbocycles. The number of para-hydroxylation sites is 1. The number of anilines is 2. The number of benzene rings is 2. The monoisotopic (exact) mass is 356 g/mol. The average molecular weight is 356 g/mol. The lowest BCUT2D eigenvalue weighted by Gasteiger charge is -2.27. The van der Waals surface area contributed by atoms with Gasteiger partial charge in [-0.1, -0.05) is 18.2 Å². The van der Waals surface area contributed by atoms with Crippen LogP contribution in [0.1, 0.15) is 13.8 Å². The van der Waals surface area contributed by atoms with E-state index in [0.29, 0.717) is 23.7 Å². The highest BCUT2D eigenvalue weighted by atomic mass is 16.5. The normalized spacial score (nSPS) is 10.2. The van der Waals surface area contributed by atoms with Gasteiger partial charge in [0.15, 0.2) is 0 Å². The van der Waals surface area contributed by atoms with Crippen molar-refractivity contribution in [1.82, 2.24) is 0 Å². The van der Waals surface area contributed by atoms with Crippen LogP contribution < -0.4 is 19.3 Å². The van der Waals surface area contributed by atoms with E-state index in [2.05, 4.69) is 0 Å². The minimum Gasteiger partial charge on any atom is -0.497 e. The molecule has 6 nitrogen and oxygen atoms in total. The molecule has 0 bridgehead atoms. The predicted octanol–water partition coefficient (Wildman–Crippen LogP) is 3.11. The molecule has 0 aromatic heterocycles. The first kappa shape index (κ1) is 19.3. The SMILES string of the molecule is CCN(C(=O)CN(C(C)=O)c1ccc(OC)cc1OC)c1ccccc1. The minimum absolute atomic E-state index is 0.0826. The molecule has 0 N–H and O–H groups in total. The highest BCUT2D eigenvalue weighted by Gasteiger charge is 2.23. The number of hydrogen-bond acceptors (Lipinski definition) is 4. The molecule has 0 unspecified atom stereocenters. The van der Waals surface area contributed by atoms with E-state index < -0.39 is 0 Å². The Morgan fingerprint density at radius 3 is 2.19 bits per heavy atom. The Morgan fingerprint density at radius 1 is 0.962 bits per heavy atom. The van der Waals surface area contributed by atoms with Crippen molar-refractivity contribution in [2.75, 3.05) is 37.1 Å². The molecule has 6 heteroatoms. The summed E-state index contributed by atoms with van der Waals surface area (Å²) >= 11 is 0. The second kappa shape index (κ2) is 8.89. The fourth-order valence-corrected chi connectivity index (χ4v) is 2.71. The molecule has 0 saturated heterocycles. The van der Waals surface area contributed by atoms with Gasteiger partial charge in [0, 0.05) is 25.2 Å². The van der Waals surface area contributed by atoms with Gasteiger partial charge in [0.2, 0.25) is 11.8 Å². The fraction of sp³-hybridized carbons (Fsp3) is 0.300. The first-order valence-electron chi connectivity index (χ1n) is 8.37. The topological polar surface area (TPSA) is 59.1 Å². The second-order valence-electron chi connectivity index (χ2n) is 5.62. The predicted molar refractivity (Wildman–Crippen MR) is 102 cm³/mol. The van der Waals surface area contributed by atoms with Crippen LogP contribution in [0.5, 0.6) is 11.5 Å². The number of carbonyl (C=O) groups is 2. The Balaban J connectivity index is 2.31. The number of hydrogen-bond donors (Lipinski definition) is 0. The lowest BCUT2D eigenvalue weighted by molar-refractivity contribution is -0.121. The molecule has 2 aromatic rings. The van der Waals surface area contributed by atoms with E-state index in [9.17, 15) is 9.59 Å². The molecule has 0 saturated carbocycles. The number of likely N-dealkylation sites (N-methyl/N-ethyl adjacent to an activating group) is 1. The van der Waals surface area contributed by atoms with Crippen molar-refractivity contribution in [3.8, 4) is 11.5 Å². The molecule has 0 atom stereocenters. The molecule has 0 aliphatic heterocycles. The summed E-state index contributed by atoms with van der Waals surface area (Å²) < 4.78 is 10.6. The van der Waals surface area contributed by atoms with E-state index in [1.807, 2.05) is 37.3 Å². The number of methoxy groups -OCH3 is 2. The summed E-state index contributed by atoms with van der Waals surface area (Å²) in [6.45, 7) is 3.75. The number of carbonyl (C=O) groups excluding carboxylic acids is 2. The molecule has 0 heterocycles. The Labute approximate surface area is 153 Å². The van der Waals surface area contributed by atoms with E-state index in [1.54, 1.807) is 30.2 Å². The van der Waals surface area contributed by atoms with E-state index in [-0.39, 0.29) is 18.4 Å². The number of rotatable bonds is 7. The third kappa shape index (κ3) is 4.33. The smallest absolute Gasteiger partial charge is 0.247 e. The minimum atomic E-state index is -0.245. The maximum Gasteiger partial charge on any atom is 0.247 e. The maximum atomic E-state index is 12.9. The summed E-state index contributed by atoms with van der Waals surface area (Å²) in [5.74, 6) is 0.660. The van der Waals surface area contributed by atoms with Crippen molar-refractivity contribution in [3.63, 3.8) is 0 Å². The van der Waals surface area contributed by atoms with Crippen molar-refractivity contribution in [2.45, 2.75) is 13.8 Å². The van der Waals surface area contributed by atoms with Crippen LogP contribution in [-0.4, -0.2) is 39.1 Å². The van der Waals surface area contributed by atoms with E-state index in [4.69, 9.17) is 9.47 Å². The van der Waals surface area contributed by atoms with Crippen molar-refractivity contribution in [1.29, 1.82) is 0 Å². The highest BCUT2D eigenvalue weighted by Crippen LogP contribution is 2.32. The van der Waals surface area contributed by atoms with Crippen LogP contribution in [0.2, 0.25) is 0 Å². The van der Waals surface area contributed by atoms with Gasteiger partial charge in [-0.15, -0.1) is 0 Å². The Kier molecular flexibility index (Phi) is 6.60. The first-order chi connectivity index (χ1) is 12.5. The molecule has 26 heavy (non-hydrogen) atoms. The van der Waals surface area contributed by atoms with Crippen LogP contribution in [0.4, 0.5) is 11.4 Å². The molecule has 138 valence electrons. The Bertz CT molecular complexity index is 762. The van der Waals surface area contributed by atoms with Crippen LogP contribution >= 0.6 is 0 Å². The van der Waals surface area contributed by atoms with Gasteiger partial charge in [0.25, 0.3) is 0 Å². The molecular formula is C20H24N2O4. The standard InChI is InChI=1S/C20H24N2O4/c1-5-21(16-9-7-6-8-10-16)20(24)14-22(15(2)23)18-12-11-17(25-3)13-19(18)26-4/h6-13H,5,14H2,1-4H3. The van der Waals surface area contributed by atoms with Gasteiger partial charge in [0.1, 0.15) is 18.0 Å². The maximum absolute atomic E-state index is 12.9. The van der Waals surface area contributed by atoms with E-state index >= 15 is 0 Å². The number of ether oxygens (including phenoxy) is 2. The van der Waals surface area contributed by atoms with Gasteiger partial charge in [0.05, 0.1) is 19.9 Å². The summed E-state index contributed by atoms with van der Waals surface area (Å²) in [6.07, 6.45) is 0.